The van der Waals surface area contributed by atoms with E-state index in [2.05, 4.69) is 11.0 Å². The SMILES string of the molecule is Cc1cccc(C#N)c1N1CC(CC(=O)O)C1. The topological polar surface area (TPSA) is 64.3 Å². The van der Waals surface area contributed by atoms with Crippen LogP contribution in [0.2, 0.25) is 0 Å². The summed E-state index contributed by atoms with van der Waals surface area (Å²) in [5, 5.41) is 17.7. The van der Waals surface area contributed by atoms with Gasteiger partial charge < -0.3 is 10.0 Å². The van der Waals surface area contributed by atoms with Crippen LogP contribution >= 0.6 is 0 Å². The fraction of sp³-hybridized carbons (Fsp3) is 0.385. The maximum absolute atomic E-state index is 10.6. The number of nitriles is 1. The first kappa shape index (κ1) is 11.5. The molecule has 4 nitrogen and oxygen atoms in total. The van der Waals surface area contributed by atoms with Gasteiger partial charge in [0.15, 0.2) is 0 Å². The molecule has 1 aliphatic rings. The second-order valence-electron chi connectivity index (χ2n) is 4.45. The van der Waals surface area contributed by atoms with Crippen molar-refractivity contribution in [1.29, 1.82) is 5.26 Å². The molecule has 0 unspecified atom stereocenters. The van der Waals surface area contributed by atoms with Crippen molar-refractivity contribution in [2.45, 2.75) is 13.3 Å². The van der Waals surface area contributed by atoms with Crippen molar-refractivity contribution in [3.05, 3.63) is 29.3 Å². The number of benzene rings is 1. The lowest BCUT2D eigenvalue weighted by Gasteiger charge is -2.41. The standard InChI is InChI=1S/C13H14N2O2/c1-9-3-2-4-11(6-14)13(9)15-7-10(8-15)5-12(16)17/h2-4,10H,5,7-8H2,1H3,(H,16,17). The Labute approximate surface area is 100 Å². The van der Waals surface area contributed by atoms with Gasteiger partial charge in [0.05, 0.1) is 17.7 Å². The number of hydrogen-bond acceptors (Lipinski definition) is 3. The Kier molecular flexibility index (Phi) is 3.01. The molecule has 0 atom stereocenters. The van der Waals surface area contributed by atoms with Crippen LogP contribution in [0.3, 0.4) is 0 Å². The van der Waals surface area contributed by atoms with Crippen molar-refractivity contribution in [1.82, 2.24) is 0 Å². The van der Waals surface area contributed by atoms with Crippen LogP contribution in [-0.2, 0) is 4.79 Å². The zero-order valence-electron chi connectivity index (χ0n) is 9.68. The molecule has 2 rings (SSSR count). The molecule has 4 heteroatoms. The summed E-state index contributed by atoms with van der Waals surface area (Å²) < 4.78 is 0. The Morgan fingerprint density at radius 1 is 1.59 bits per heavy atom. The third kappa shape index (κ3) is 2.23. The normalized spacial score (nSPS) is 15.2. The predicted molar refractivity (Wildman–Crippen MR) is 63.8 cm³/mol. The van der Waals surface area contributed by atoms with E-state index in [1.807, 2.05) is 19.1 Å². The number of carbonyl (C=O) groups is 1. The summed E-state index contributed by atoms with van der Waals surface area (Å²) in [5.74, 6) is -0.543. The number of carboxylic acids is 1. The van der Waals surface area contributed by atoms with Gasteiger partial charge in [-0.15, -0.1) is 0 Å². The number of aryl methyl sites for hydroxylation is 1. The number of carboxylic acid groups (broad SMARTS) is 1. The van der Waals surface area contributed by atoms with Gasteiger partial charge in [0, 0.05) is 19.0 Å². The number of aliphatic carboxylic acids is 1. The third-order valence-corrected chi connectivity index (χ3v) is 3.09. The predicted octanol–water partition coefficient (Wildman–Crippen LogP) is 1.78. The second-order valence-corrected chi connectivity index (χ2v) is 4.45. The van der Waals surface area contributed by atoms with E-state index in [0.717, 1.165) is 24.3 Å². The molecule has 1 heterocycles. The summed E-state index contributed by atoms with van der Waals surface area (Å²) in [6.45, 7) is 3.43. The average Bonchev–Trinajstić information content (AvgIpc) is 2.23. The number of nitrogens with zero attached hydrogens (tertiary/aromatic N) is 2. The highest BCUT2D eigenvalue weighted by atomic mass is 16.4. The van der Waals surface area contributed by atoms with Gasteiger partial charge >= 0.3 is 5.97 Å². The van der Waals surface area contributed by atoms with E-state index in [1.165, 1.54) is 0 Å². The highest BCUT2D eigenvalue weighted by molar-refractivity contribution is 5.69. The fourth-order valence-corrected chi connectivity index (χ4v) is 2.30. The van der Waals surface area contributed by atoms with Crippen molar-refractivity contribution >= 4 is 11.7 Å². The molecule has 1 saturated heterocycles. The van der Waals surface area contributed by atoms with Gasteiger partial charge in [0.25, 0.3) is 0 Å². The van der Waals surface area contributed by atoms with Gasteiger partial charge in [-0.3, -0.25) is 4.79 Å². The van der Waals surface area contributed by atoms with Crippen LogP contribution in [0.1, 0.15) is 17.5 Å². The minimum Gasteiger partial charge on any atom is -0.481 e. The Hall–Kier alpha value is -2.02. The molecule has 0 bridgehead atoms. The number of anilines is 1. The largest absolute Gasteiger partial charge is 0.481 e. The molecule has 1 N–H and O–H groups in total. The molecule has 1 aromatic rings. The summed E-state index contributed by atoms with van der Waals surface area (Å²) in [6, 6.07) is 7.82. The highest BCUT2D eigenvalue weighted by Gasteiger charge is 2.30. The molecular weight excluding hydrogens is 216 g/mol. The van der Waals surface area contributed by atoms with Crippen LogP contribution in [0.4, 0.5) is 5.69 Å². The van der Waals surface area contributed by atoms with Gasteiger partial charge in [0.2, 0.25) is 0 Å². The molecule has 0 amide bonds. The quantitative estimate of drug-likeness (QED) is 0.859. The van der Waals surface area contributed by atoms with Crippen LogP contribution in [0.15, 0.2) is 18.2 Å². The van der Waals surface area contributed by atoms with Gasteiger partial charge in [0.1, 0.15) is 6.07 Å². The zero-order chi connectivity index (χ0) is 12.4. The summed E-state index contributed by atoms with van der Waals surface area (Å²) >= 11 is 0. The fourth-order valence-electron chi connectivity index (χ4n) is 2.30. The molecule has 0 radical (unpaired) electrons. The van der Waals surface area contributed by atoms with Gasteiger partial charge in [-0.25, -0.2) is 0 Å². The lowest BCUT2D eigenvalue weighted by atomic mass is 9.93. The van der Waals surface area contributed by atoms with E-state index < -0.39 is 5.97 Å². The van der Waals surface area contributed by atoms with E-state index in [9.17, 15) is 4.79 Å². The van der Waals surface area contributed by atoms with Gasteiger partial charge in [-0.05, 0) is 18.6 Å². The summed E-state index contributed by atoms with van der Waals surface area (Å²) in [4.78, 5) is 12.6. The van der Waals surface area contributed by atoms with E-state index in [0.29, 0.717) is 5.56 Å². The number of para-hydroxylation sites is 1. The summed E-state index contributed by atoms with van der Waals surface area (Å²) in [7, 11) is 0. The molecule has 17 heavy (non-hydrogen) atoms. The Bertz CT molecular complexity index is 485. The van der Waals surface area contributed by atoms with Crippen molar-refractivity contribution in [3.63, 3.8) is 0 Å². The first-order valence-electron chi connectivity index (χ1n) is 5.58. The van der Waals surface area contributed by atoms with E-state index in [4.69, 9.17) is 10.4 Å². The molecule has 0 spiro atoms. The average molecular weight is 230 g/mol. The number of rotatable bonds is 3. The van der Waals surface area contributed by atoms with E-state index in [-0.39, 0.29) is 12.3 Å². The van der Waals surface area contributed by atoms with Gasteiger partial charge in [-0.2, -0.15) is 5.26 Å². The first-order chi connectivity index (χ1) is 8.11. The van der Waals surface area contributed by atoms with E-state index >= 15 is 0 Å². The van der Waals surface area contributed by atoms with Crippen molar-refractivity contribution in [3.8, 4) is 6.07 Å². The van der Waals surface area contributed by atoms with Gasteiger partial charge in [-0.1, -0.05) is 12.1 Å². The van der Waals surface area contributed by atoms with Crippen LogP contribution < -0.4 is 4.90 Å². The molecule has 1 aliphatic heterocycles. The second kappa shape index (κ2) is 4.46. The highest BCUT2D eigenvalue weighted by Crippen LogP contribution is 2.31. The van der Waals surface area contributed by atoms with E-state index in [1.54, 1.807) is 6.07 Å². The van der Waals surface area contributed by atoms with Crippen molar-refractivity contribution < 1.29 is 9.90 Å². The summed E-state index contributed by atoms with van der Waals surface area (Å²) in [6.07, 6.45) is 0.213. The van der Waals surface area contributed by atoms with Crippen LogP contribution in [0.25, 0.3) is 0 Å². The van der Waals surface area contributed by atoms with Crippen molar-refractivity contribution in [2.24, 2.45) is 5.92 Å². The Balaban J connectivity index is 2.11. The maximum atomic E-state index is 10.6. The third-order valence-electron chi connectivity index (χ3n) is 3.09. The molecule has 0 aliphatic carbocycles. The molecule has 0 aromatic heterocycles. The smallest absolute Gasteiger partial charge is 0.303 e. The lowest BCUT2D eigenvalue weighted by Crippen LogP contribution is -2.48. The Morgan fingerprint density at radius 2 is 2.29 bits per heavy atom. The molecular formula is C13H14N2O2. The molecule has 88 valence electrons. The first-order valence-corrected chi connectivity index (χ1v) is 5.58. The lowest BCUT2D eigenvalue weighted by molar-refractivity contribution is -0.138. The monoisotopic (exact) mass is 230 g/mol. The van der Waals surface area contributed by atoms with Crippen LogP contribution in [0.5, 0.6) is 0 Å². The minimum absolute atomic E-state index is 0.207. The number of hydrogen-bond donors (Lipinski definition) is 1. The molecule has 1 aromatic carbocycles. The minimum atomic E-state index is -0.750. The maximum Gasteiger partial charge on any atom is 0.303 e. The molecule has 0 saturated carbocycles. The zero-order valence-corrected chi connectivity index (χ0v) is 9.68. The Morgan fingerprint density at radius 3 is 2.88 bits per heavy atom. The van der Waals surface area contributed by atoms with Crippen LogP contribution in [0, 0.1) is 24.2 Å². The van der Waals surface area contributed by atoms with Crippen LogP contribution in [-0.4, -0.2) is 24.2 Å². The van der Waals surface area contributed by atoms with Crippen molar-refractivity contribution in [2.75, 3.05) is 18.0 Å². The summed E-state index contributed by atoms with van der Waals surface area (Å²) in [5.41, 5.74) is 2.69. The molecule has 1 fully saturated rings.